The van der Waals surface area contributed by atoms with Crippen molar-refractivity contribution in [2.75, 3.05) is 39.4 Å². The summed E-state index contributed by atoms with van der Waals surface area (Å²) in [7, 11) is 0. The molecule has 82 valence electrons. The number of rotatable bonds is 5. The average Bonchev–Trinajstić information content (AvgIpc) is 2.25. The van der Waals surface area contributed by atoms with Crippen LogP contribution in [0.1, 0.15) is 19.8 Å². The van der Waals surface area contributed by atoms with Gasteiger partial charge in [-0.25, -0.2) is 0 Å². The summed E-state index contributed by atoms with van der Waals surface area (Å²) in [6.07, 6.45) is 1.47. The summed E-state index contributed by atoms with van der Waals surface area (Å²) in [5, 5.41) is 3.23. The third-order valence-electron chi connectivity index (χ3n) is 2.35. The van der Waals surface area contributed by atoms with Crippen LogP contribution in [0.2, 0.25) is 0 Å². The SMILES string of the molecule is CCOCCCC(=O)N1CCNCC1. The van der Waals surface area contributed by atoms with Gasteiger partial charge < -0.3 is 15.0 Å². The number of hydrogen-bond donors (Lipinski definition) is 1. The Hall–Kier alpha value is -0.610. The molecule has 0 aliphatic carbocycles. The van der Waals surface area contributed by atoms with Crippen LogP contribution in [-0.4, -0.2) is 50.2 Å². The van der Waals surface area contributed by atoms with Gasteiger partial charge in [-0.3, -0.25) is 4.79 Å². The number of nitrogens with one attached hydrogen (secondary N) is 1. The molecule has 1 aliphatic heterocycles. The third-order valence-corrected chi connectivity index (χ3v) is 2.35. The summed E-state index contributed by atoms with van der Waals surface area (Å²) in [5.74, 6) is 0.270. The van der Waals surface area contributed by atoms with Gasteiger partial charge in [0, 0.05) is 45.8 Å². The second kappa shape index (κ2) is 6.79. The third kappa shape index (κ3) is 4.07. The molecular weight excluding hydrogens is 180 g/mol. The Kier molecular flexibility index (Phi) is 5.56. The molecule has 0 unspecified atom stereocenters. The standard InChI is InChI=1S/C10H20N2O2/c1-2-14-9-3-4-10(13)12-7-5-11-6-8-12/h11H,2-9H2,1H3. The van der Waals surface area contributed by atoms with Gasteiger partial charge in [-0.2, -0.15) is 0 Å². The van der Waals surface area contributed by atoms with Gasteiger partial charge in [0.1, 0.15) is 0 Å². The van der Waals surface area contributed by atoms with Crippen LogP contribution in [0, 0.1) is 0 Å². The molecule has 0 atom stereocenters. The molecule has 0 saturated carbocycles. The lowest BCUT2D eigenvalue weighted by molar-refractivity contribution is -0.132. The maximum Gasteiger partial charge on any atom is 0.222 e. The maximum absolute atomic E-state index is 11.6. The van der Waals surface area contributed by atoms with Crippen molar-refractivity contribution in [1.29, 1.82) is 0 Å². The van der Waals surface area contributed by atoms with Crippen molar-refractivity contribution in [2.24, 2.45) is 0 Å². The molecule has 0 spiro atoms. The summed E-state index contributed by atoms with van der Waals surface area (Å²) >= 11 is 0. The summed E-state index contributed by atoms with van der Waals surface area (Å²) in [4.78, 5) is 13.5. The number of nitrogens with zero attached hydrogens (tertiary/aromatic N) is 1. The largest absolute Gasteiger partial charge is 0.382 e. The molecule has 1 N–H and O–H groups in total. The van der Waals surface area contributed by atoms with Gasteiger partial charge in [0.2, 0.25) is 5.91 Å². The fourth-order valence-corrected chi connectivity index (χ4v) is 1.54. The van der Waals surface area contributed by atoms with Crippen LogP contribution >= 0.6 is 0 Å². The van der Waals surface area contributed by atoms with Crippen LogP contribution in [0.5, 0.6) is 0 Å². The molecule has 1 fully saturated rings. The van der Waals surface area contributed by atoms with Gasteiger partial charge in [0.25, 0.3) is 0 Å². The predicted octanol–water partition coefficient (Wildman–Crippen LogP) is 0.235. The number of carbonyl (C=O) groups excluding carboxylic acids is 1. The van der Waals surface area contributed by atoms with E-state index in [0.29, 0.717) is 13.0 Å². The number of amides is 1. The highest BCUT2D eigenvalue weighted by Gasteiger charge is 2.14. The van der Waals surface area contributed by atoms with Gasteiger partial charge >= 0.3 is 0 Å². The van der Waals surface area contributed by atoms with Crippen LogP contribution in [-0.2, 0) is 9.53 Å². The van der Waals surface area contributed by atoms with E-state index in [2.05, 4.69) is 5.32 Å². The van der Waals surface area contributed by atoms with E-state index >= 15 is 0 Å². The van der Waals surface area contributed by atoms with Gasteiger partial charge in [-0.1, -0.05) is 0 Å². The highest BCUT2D eigenvalue weighted by molar-refractivity contribution is 5.76. The molecule has 4 nitrogen and oxygen atoms in total. The van der Waals surface area contributed by atoms with E-state index in [1.54, 1.807) is 0 Å². The molecule has 14 heavy (non-hydrogen) atoms. The molecule has 1 saturated heterocycles. The second-order valence-corrected chi connectivity index (χ2v) is 3.43. The Morgan fingerprint density at radius 1 is 1.43 bits per heavy atom. The van der Waals surface area contributed by atoms with Crippen LogP contribution in [0.3, 0.4) is 0 Å². The van der Waals surface area contributed by atoms with Gasteiger partial charge in [-0.15, -0.1) is 0 Å². The zero-order valence-corrected chi connectivity index (χ0v) is 8.92. The van der Waals surface area contributed by atoms with Crippen molar-refractivity contribution < 1.29 is 9.53 Å². The summed E-state index contributed by atoms with van der Waals surface area (Å²) in [5.41, 5.74) is 0. The van der Waals surface area contributed by atoms with Crippen LogP contribution in [0.15, 0.2) is 0 Å². The van der Waals surface area contributed by atoms with Crippen LogP contribution in [0.25, 0.3) is 0 Å². The zero-order chi connectivity index (χ0) is 10.2. The highest BCUT2D eigenvalue weighted by atomic mass is 16.5. The Labute approximate surface area is 85.6 Å². The van der Waals surface area contributed by atoms with E-state index in [-0.39, 0.29) is 5.91 Å². The monoisotopic (exact) mass is 200 g/mol. The fraction of sp³-hybridized carbons (Fsp3) is 0.900. The van der Waals surface area contributed by atoms with Crippen molar-refractivity contribution in [3.63, 3.8) is 0 Å². The number of carbonyl (C=O) groups is 1. The highest BCUT2D eigenvalue weighted by Crippen LogP contribution is 2.00. The van der Waals surface area contributed by atoms with Crippen molar-refractivity contribution in [2.45, 2.75) is 19.8 Å². The molecule has 0 aromatic heterocycles. The Morgan fingerprint density at radius 2 is 2.14 bits per heavy atom. The van der Waals surface area contributed by atoms with Crippen molar-refractivity contribution >= 4 is 5.91 Å². The lowest BCUT2D eigenvalue weighted by Gasteiger charge is -2.27. The van der Waals surface area contributed by atoms with E-state index in [1.165, 1.54) is 0 Å². The molecule has 1 heterocycles. The van der Waals surface area contributed by atoms with Crippen LogP contribution < -0.4 is 5.32 Å². The van der Waals surface area contributed by atoms with Gasteiger partial charge in [-0.05, 0) is 13.3 Å². The quantitative estimate of drug-likeness (QED) is 0.646. The number of hydrogen-bond acceptors (Lipinski definition) is 3. The minimum absolute atomic E-state index is 0.270. The predicted molar refractivity (Wildman–Crippen MR) is 55.2 cm³/mol. The Morgan fingerprint density at radius 3 is 2.79 bits per heavy atom. The second-order valence-electron chi connectivity index (χ2n) is 3.43. The lowest BCUT2D eigenvalue weighted by Crippen LogP contribution is -2.46. The molecule has 0 radical (unpaired) electrons. The van der Waals surface area contributed by atoms with Gasteiger partial charge in [0.15, 0.2) is 0 Å². The van der Waals surface area contributed by atoms with E-state index in [1.807, 2.05) is 11.8 Å². The van der Waals surface area contributed by atoms with Crippen molar-refractivity contribution in [3.05, 3.63) is 0 Å². The van der Waals surface area contributed by atoms with Crippen molar-refractivity contribution in [3.8, 4) is 0 Å². The van der Waals surface area contributed by atoms with Gasteiger partial charge in [0.05, 0.1) is 0 Å². The average molecular weight is 200 g/mol. The summed E-state index contributed by atoms with van der Waals surface area (Å²) < 4.78 is 5.19. The number of piperazine rings is 1. The van der Waals surface area contributed by atoms with Crippen molar-refractivity contribution in [1.82, 2.24) is 10.2 Å². The van der Waals surface area contributed by atoms with E-state index in [9.17, 15) is 4.79 Å². The molecule has 1 aliphatic rings. The molecule has 0 aromatic carbocycles. The van der Waals surface area contributed by atoms with E-state index in [4.69, 9.17) is 4.74 Å². The first kappa shape index (κ1) is 11.5. The minimum Gasteiger partial charge on any atom is -0.382 e. The maximum atomic E-state index is 11.6. The van der Waals surface area contributed by atoms with Crippen LogP contribution in [0.4, 0.5) is 0 Å². The molecule has 4 heteroatoms. The lowest BCUT2D eigenvalue weighted by atomic mass is 10.2. The normalized spacial score (nSPS) is 17.1. The fourth-order valence-electron chi connectivity index (χ4n) is 1.54. The Bertz CT molecular complexity index is 168. The first-order valence-electron chi connectivity index (χ1n) is 5.41. The smallest absolute Gasteiger partial charge is 0.222 e. The first-order chi connectivity index (χ1) is 6.84. The molecule has 1 rings (SSSR count). The molecule has 1 amide bonds. The Balaban J connectivity index is 2.07. The summed E-state index contributed by atoms with van der Waals surface area (Å²) in [6.45, 7) is 6.98. The topological polar surface area (TPSA) is 41.6 Å². The first-order valence-corrected chi connectivity index (χ1v) is 5.41. The van der Waals surface area contributed by atoms with E-state index < -0.39 is 0 Å². The molecule has 0 aromatic rings. The summed E-state index contributed by atoms with van der Waals surface area (Å²) in [6, 6.07) is 0. The minimum atomic E-state index is 0.270. The zero-order valence-electron chi connectivity index (χ0n) is 8.92. The molecular formula is C10H20N2O2. The number of ether oxygens (including phenoxy) is 1. The molecule has 0 bridgehead atoms. The van der Waals surface area contributed by atoms with E-state index in [0.717, 1.165) is 39.2 Å².